The molecule has 2 aromatic rings. The minimum absolute atomic E-state index is 0.353. The van der Waals surface area contributed by atoms with Gasteiger partial charge in [0.25, 0.3) is 0 Å². The van der Waals surface area contributed by atoms with Crippen molar-refractivity contribution in [2.75, 3.05) is 26.8 Å². The fourth-order valence-corrected chi connectivity index (χ4v) is 2.81. The number of nitrogens with zero attached hydrogens (tertiary/aromatic N) is 2. The molecule has 2 rings (SSSR count). The zero-order valence-corrected chi connectivity index (χ0v) is 12.6. The van der Waals surface area contributed by atoms with Crippen molar-refractivity contribution in [3.8, 4) is 10.6 Å². The number of benzene rings is 1. The SMILES string of the molecule is COCCNCCc1nnc(-c2ccc(F)cc2Cl)s1. The first-order chi connectivity index (χ1) is 9.70. The lowest BCUT2D eigenvalue weighted by Gasteiger charge is -2.01. The van der Waals surface area contributed by atoms with Crippen LogP contribution in [-0.2, 0) is 11.2 Å². The summed E-state index contributed by atoms with van der Waals surface area (Å²) >= 11 is 7.48. The maximum atomic E-state index is 13.0. The Morgan fingerprint density at radius 2 is 2.20 bits per heavy atom. The molecule has 0 spiro atoms. The van der Waals surface area contributed by atoms with Gasteiger partial charge in [-0.2, -0.15) is 0 Å². The minimum Gasteiger partial charge on any atom is -0.383 e. The van der Waals surface area contributed by atoms with E-state index in [0.717, 1.165) is 24.5 Å². The largest absolute Gasteiger partial charge is 0.383 e. The third-order valence-electron chi connectivity index (χ3n) is 2.63. The fourth-order valence-electron chi connectivity index (χ4n) is 1.62. The molecule has 0 aliphatic rings. The first-order valence-corrected chi connectivity index (χ1v) is 7.37. The van der Waals surface area contributed by atoms with Crippen LogP contribution in [0.3, 0.4) is 0 Å². The molecule has 0 saturated carbocycles. The van der Waals surface area contributed by atoms with Gasteiger partial charge in [-0.1, -0.05) is 22.9 Å². The van der Waals surface area contributed by atoms with Crippen LogP contribution in [0.4, 0.5) is 4.39 Å². The third-order valence-corrected chi connectivity index (χ3v) is 3.96. The molecule has 20 heavy (non-hydrogen) atoms. The lowest BCUT2D eigenvalue weighted by molar-refractivity contribution is 0.199. The highest BCUT2D eigenvalue weighted by Gasteiger charge is 2.10. The molecule has 7 heteroatoms. The number of rotatable bonds is 7. The van der Waals surface area contributed by atoms with E-state index >= 15 is 0 Å². The summed E-state index contributed by atoms with van der Waals surface area (Å²) in [6, 6.07) is 4.28. The summed E-state index contributed by atoms with van der Waals surface area (Å²) in [5.41, 5.74) is 0.712. The molecular weight excluding hydrogens is 301 g/mol. The van der Waals surface area contributed by atoms with Crippen molar-refractivity contribution in [1.82, 2.24) is 15.5 Å². The van der Waals surface area contributed by atoms with Gasteiger partial charge in [-0.25, -0.2) is 4.39 Å². The predicted octanol–water partition coefficient (Wildman–Crippen LogP) is 2.78. The Hall–Kier alpha value is -1.08. The number of methoxy groups -OCH3 is 1. The molecule has 0 amide bonds. The van der Waals surface area contributed by atoms with Gasteiger partial charge in [0.15, 0.2) is 0 Å². The average Bonchev–Trinajstić information content (AvgIpc) is 2.87. The molecule has 0 radical (unpaired) electrons. The fraction of sp³-hybridized carbons (Fsp3) is 0.385. The molecule has 4 nitrogen and oxygen atoms in total. The Bertz CT molecular complexity index is 564. The van der Waals surface area contributed by atoms with Crippen LogP contribution in [0.2, 0.25) is 5.02 Å². The van der Waals surface area contributed by atoms with Crippen molar-refractivity contribution >= 4 is 22.9 Å². The van der Waals surface area contributed by atoms with E-state index in [1.807, 2.05) is 0 Å². The Morgan fingerprint density at radius 3 is 2.95 bits per heavy atom. The molecular formula is C13H15ClFN3OS. The van der Waals surface area contributed by atoms with Gasteiger partial charge >= 0.3 is 0 Å². The molecule has 108 valence electrons. The van der Waals surface area contributed by atoms with Crippen LogP contribution < -0.4 is 5.32 Å². The average molecular weight is 316 g/mol. The van der Waals surface area contributed by atoms with Gasteiger partial charge < -0.3 is 10.1 Å². The van der Waals surface area contributed by atoms with Gasteiger partial charge in [0, 0.05) is 32.2 Å². The van der Waals surface area contributed by atoms with Gasteiger partial charge in [0.05, 0.1) is 11.6 Å². The molecule has 1 aromatic heterocycles. The Labute approximate surface area is 125 Å². The van der Waals surface area contributed by atoms with Crippen molar-refractivity contribution in [2.45, 2.75) is 6.42 Å². The summed E-state index contributed by atoms with van der Waals surface area (Å²) in [6.07, 6.45) is 0.792. The number of aromatic nitrogens is 2. The van der Waals surface area contributed by atoms with Crippen molar-refractivity contribution in [3.05, 3.63) is 34.0 Å². The summed E-state index contributed by atoms with van der Waals surface area (Å²) < 4.78 is 17.9. The highest BCUT2D eigenvalue weighted by molar-refractivity contribution is 7.14. The van der Waals surface area contributed by atoms with Gasteiger partial charge in [-0.3, -0.25) is 0 Å². The maximum Gasteiger partial charge on any atom is 0.149 e. The second-order valence-electron chi connectivity index (χ2n) is 4.12. The van der Waals surface area contributed by atoms with Gasteiger partial charge in [0.1, 0.15) is 15.8 Å². The van der Waals surface area contributed by atoms with Crippen molar-refractivity contribution in [1.29, 1.82) is 0 Å². The van der Waals surface area contributed by atoms with E-state index in [2.05, 4.69) is 15.5 Å². The third kappa shape index (κ3) is 4.21. The molecule has 0 aliphatic heterocycles. The smallest absolute Gasteiger partial charge is 0.149 e. The lowest BCUT2D eigenvalue weighted by atomic mass is 10.2. The van der Waals surface area contributed by atoms with E-state index in [1.54, 1.807) is 13.2 Å². The van der Waals surface area contributed by atoms with Gasteiger partial charge in [-0.05, 0) is 18.2 Å². The van der Waals surface area contributed by atoms with Crippen LogP contribution in [0, 0.1) is 5.82 Å². The number of ether oxygens (including phenoxy) is 1. The van der Waals surface area contributed by atoms with Crippen LogP contribution in [-0.4, -0.2) is 37.0 Å². The van der Waals surface area contributed by atoms with Crippen LogP contribution >= 0.6 is 22.9 Å². The molecule has 0 fully saturated rings. The first-order valence-electron chi connectivity index (χ1n) is 6.18. The monoisotopic (exact) mass is 315 g/mol. The van der Waals surface area contributed by atoms with E-state index in [4.69, 9.17) is 16.3 Å². The van der Waals surface area contributed by atoms with Crippen molar-refractivity contribution in [3.63, 3.8) is 0 Å². The summed E-state index contributed by atoms with van der Waals surface area (Å²) in [4.78, 5) is 0. The summed E-state index contributed by atoms with van der Waals surface area (Å²) in [7, 11) is 1.67. The molecule has 0 unspecified atom stereocenters. The molecule has 0 aliphatic carbocycles. The summed E-state index contributed by atoms with van der Waals surface area (Å²) in [5, 5.41) is 13.4. The van der Waals surface area contributed by atoms with E-state index in [9.17, 15) is 4.39 Å². The summed E-state index contributed by atoms with van der Waals surface area (Å²) in [5.74, 6) is -0.356. The number of halogens is 2. The van der Waals surface area contributed by atoms with E-state index < -0.39 is 0 Å². The molecule has 1 heterocycles. The van der Waals surface area contributed by atoms with E-state index in [0.29, 0.717) is 22.2 Å². The summed E-state index contributed by atoms with van der Waals surface area (Å²) in [6.45, 7) is 2.31. The maximum absolute atomic E-state index is 13.0. The quantitative estimate of drug-likeness (QED) is 0.798. The Balaban J connectivity index is 1.95. The number of hydrogen-bond donors (Lipinski definition) is 1. The number of nitrogens with one attached hydrogen (secondary N) is 1. The molecule has 1 N–H and O–H groups in total. The van der Waals surface area contributed by atoms with Crippen LogP contribution in [0.15, 0.2) is 18.2 Å². The van der Waals surface area contributed by atoms with Crippen LogP contribution in [0.25, 0.3) is 10.6 Å². The van der Waals surface area contributed by atoms with Crippen molar-refractivity contribution < 1.29 is 9.13 Å². The van der Waals surface area contributed by atoms with Crippen LogP contribution in [0.1, 0.15) is 5.01 Å². The van der Waals surface area contributed by atoms with E-state index in [-0.39, 0.29) is 5.82 Å². The van der Waals surface area contributed by atoms with E-state index in [1.165, 1.54) is 23.5 Å². The second kappa shape index (κ2) is 7.64. The normalized spacial score (nSPS) is 10.9. The molecule has 0 atom stereocenters. The highest BCUT2D eigenvalue weighted by Crippen LogP contribution is 2.30. The topological polar surface area (TPSA) is 47.0 Å². The molecule has 1 aromatic carbocycles. The Morgan fingerprint density at radius 1 is 1.35 bits per heavy atom. The first kappa shape index (κ1) is 15.3. The predicted molar refractivity (Wildman–Crippen MR) is 78.8 cm³/mol. The number of hydrogen-bond acceptors (Lipinski definition) is 5. The standard InChI is InChI=1S/C13H15ClFN3OS/c1-19-7-6-16-5-4-12-17-18-13(20-12)10-3-2-9(15)8-11(10)14/h2-3,8,16H,4-7H2,1H3. The molecule has 0 saturated heterocycles. The zero-order chi connectivity index (χ0) is 14.4. The lowest BCUT2D eigenvalue weighted by Crippen LogP contribution is -2.21. The molecule has 0 bridgehead atoms. The Kier molecular flexibility index (Phi) is 5.85. The van der Waals surface area contributed by atoms with Gasteiger partial charge in [-0.15, -0.1) is 10.2 Å². The zero-order valence-electron chi connectivity index (χ0n) is 11.0. The van der Waals surface area contributed by atoms with Gasteiger partial charge in [0.2, 0.25) is 0 Å². The second-order valence-corrected chi connectivity index (χ2v) is 5.59. The highest BCUT2D eigenvalue weighted by atomic mass is 35.5. The van der Waals surface area contributed by atoms with Crippen LogP contribution in [0.5, 0.6) is 0 Å². The minimum atomic E-state index is -0.356. The van der Waals surface area contributed by atoms with Crippen molar-refractivity contribution in [2.24, 2.45) is 0 Å².